The number of hydrogen-bond acceptors (Lipinski definition) is 4. The maximum Gasteiger partial charge on any atom is 0.267 e. The van der Waals surface area contributed by atoms with Crippen LogP contribution in [0.1, 0.15) is 29.7 Å². The summed E-state index contributed by atoms with van der Waals surface area (Å²) in [5.74, 6) is 0.280. The molecule has 0 saturated heterocycles. The van der Waals surface area contributed by atoms with E-state index in [1.165, 1.54) is 5.01 Å². The standard InChI is InChI=1S/C18H19N3O3/c1-12-5-6-13(2)16(10-12)21-17(22)8-7-15(20-21)18(23)19-11-14-4-3-9-24-14/h3-6,9-10H,7-8,11H2,1-2H3,(H,19,23). The SMILES string of the molecule is Cc1ccc(C)c(N2N=C(C(=O)NCc3ccco3)CCC2=O)c1. The van der Waals surface area contributed by atoms with Crippen LogP contribution in [0.5, 0.6) is 0 Å². The smallest absolute Gasteiger partial charge is 0.267 e. The number of furan rings is 1. The van der Waals surface area contributed by atoms with Crippen LogP contribution in [0.3, 0.4) is 0 Å². The minimum absolute atomic E-state index is 0.105. The van der Waals surface area contributed by atoms with E-state index in [1.54, 1.807) is 18.4 Å². The molecule has 1 aromatic heterocycles. The summed E-state index contributed by atoms with van der Waals surface area (Å²) in [6.45, 7) is 4.17. The van der Waals surface area contributed by atoms with Crippen LogP contribution in [-0.2, 0) is 16.1 Å². The molecular weight excluding hydrogens is 306 g/mol. The maximum absolute atomic E-state index is 12.3. The van der Waals surface area contributed by atoms with Crippen molar-refractivity contribution in [3.63, 3.8) is 0 Å². The van der Waals surface area contributed by atoms with Gasteiger partial charge in [-0.15, -0.1) is 0 Å². The molecule has 0 radical (unpaired) electrons. The van der Waals surface area contributed by atoms with Crippen molar-refractivity contribution in [2.75, 3.05) is 5.01 Å². The average Bonchev–Trinajstić information content (AvgIpc) is 3.09. The lowest BCUT2D eigenvalue weighted by Gasteiger charge is -2.24. The number of anilines is 1. The van der Waals surface area contributed by atoms with E-state index in [2.05, 4.69) is 10.4 Å². The fourth-order valence-corrected chi connectivity index (χ4v) is 2.54. The lowest BCUT2D eigenvalue weighted by molar-refractivity contribution is -0.119. The van der Waals surface area contributed by atoms with Crippen molar-refractivity contribution in [2.24, 2.45) is 5.10 Å². The molecule has 6 nitrogen and oxygen atoms in total. The largest absolute Gasteiger partial charge is 0.467 e. The highest BCUT2D eigenvalue weighted by Gasteiger charge is 2.26. The van der Waals surface area contributed by atoms with Gasteiger partial charge in [-0.1, -0.05) is 12.1 Å². The molecule has 0 fully saturated rings. The summed E-state index contributed by atoms with van der Waals surface area (Å²) in [5, 5.41) is 8.40. The molecule has 3 rings (SSSR count). The van der Waals surface area contributed by atoms with Crippen molar-refractivity contribution in [3.05, 3.63) is 53.5 Å². The third-order valence-corrected chi connectivity index (χ3v) is 3.89. The third-order valence-electron chi connectivity index (χ3n) is 3.89. The van der Waals surface area contributed by atoms with Crippen LogP contribution in [0.25, 0.3) is 0 Å². The molecule has 1 aromatic carbocycles. The van der Waals surface area contributed by atoms with Gasteiger partial charge in [0.25, 0.3) is 5.91 Å². The van der Waals surface area contributed by atoms with Crippen molar-refractivity contribution in [1.29, 1.82) is 0 Å². The van der Waals surface area contributed by atoms with Gasteiger partial charge in [0, 0.05) is 12.8 Å². The van der Waals surface area contributed by atoms with Crippen molar-refractivity contribution < 1.29 is 14.0 Å². The van der Waals surface area contributed by atoms with Gasteiger partial charge in [0.05, 0.1) is 18.5 Å². The highest BCUT2D eigenvalue weighted by molar-refractivity contribution is 6.40. The van der Waals surface area contributed by atoms with Crippen molar-refractivity contribution in [1.82, 2.24) is 5.32 Å². The Morgan fingerprint density at radius 3 is 2.88 bits per heavy atom. The first-order valence-corrected chi connectivity index (χ1v) is 7.83. The van der Waals surface area contributed by atoms with Gasteiger partial charge in [-0.05, 0) is 43.2 Å². The van der Waals surface area contributed by atoms with Gasteiger partial charge in [-0.3, -0.25) is 9.59 Å². The number of nitrogens with one attached hydrogen (secondary N) is 1. The summed E-state index contributed by atoms with van der Waals surface area (Å²) >= 11 is 0. The first-order valence-electron chi connectivity index (χ1n) is 7.83. The fourth-order valence-electron chi connectivity index (χ4n) is 2.54. The van der Waals surface area contributed by atoms with Gasteiger partial charge in [0.1, 0.15) is 11.5 Å². The Bertz CT molecular complexity index is 794. The fraction of sp³-hybridized carbons (Fsp3) is 0.278. The molecule has 2 aromatic rings. The predicted octanol–water partition coefficient (Wildman–Crippen LogP) is 2.70. The Labute approximate surface area is 140 Å². The van der Waals surface area contributed by atoms with Gasteiger partial charge in [-0.2, -0.15) is 5.10 Å². The van der Waals surface area contributed by atoms with Gasteiger partial charge >= 0.3 is 0 Å². The number of nitrogens with zero attached hydrogens (tertiary/aromatic N) is 2. The molecule has 0 unspecified atom stereocenters. The predicted molar refractivity (Wildman–Crippen MR) is 90.6 cm³/mol. The second kappa shape index (κ2) is 6.70. The van der Waals surface area contributed by atoms with Crippen molar-refractivity contribution >= 4 is 23.2 Å². The zero-order valence-electron chi connectivity index (χ0n) is 13.7. The molecule has 0 saturated carbocycles. The maximum atomic E-state index is 12.3. The minimum atomic E-state index is -0.283. The zero-order chi connectivity index (χ0) is 17.1. The molecule has 0 aliphatic carbocycles. The number of hydrogen-bond donors (Lipinski definition) is 1. The highest BCUT2D eigenvalue weighted by atomic mass is 16.3. The number of amides is 2. The Hall–Kier alpha value is -2.89. The monoisotopic (exact) mass is 325 g/mol. The van der Waals surface area contributed by atoms with Crippen LogP contribution in [0.15, 0.2) is 46.1 Å². The molecular formula is C18H19N3O3. The second-order valence-corrected chi connectivity index (χ2v) is 5.80. The summed E-state index contributed by atoms with van der Waals surface area (Å²) < 4.78 is 5.19. The molecule has 2 amide bonds. The Kier molecular flexibility index (Phi) is 4.46. The molecule has 0 atom stereocenters. The molecule has 0 bridgehead atoms. The molecule has 1 N–H and O–H groups in total. The Balaban J connectivity index is 1.79. The number of rotatable bonds is 4. The number of hydrazone groups is 1. The van der Waals surface area contributed by atoms with Gasteiger partial charge in [0.2, 0.25) is 5.91 Å². The summed E-state index contributed by atoms with van der Waals surface area (Å²) in [5.41, 5.74) is 3.04. The zero-order valence-corrected chi connectivity index (χ0v) is 13.7. The minimum Gasteiger partial charge on any atom is -0.467 e. The summed E-state index contributed by atoms with van der Waals surface area (Å²) in [6.07, 6.45) is 2.16. The average molecular weight is 325 g/mol. The van der Waals surface area contributed by atoms with E-state index in [1.807, 2.05) is 32.0 Å². The van der Waals surface area contributed by atoms with Crippen LogP contribution in [-0.4, -0.2) is 17.5 Å². The summed E-state index contributed by atoms with van der Waals surface area (Å²) in [7, 11) is 0. The lowest BCUT2D eigenvalue weighted by atomic mass is 10.1. The number of carbonyl (C=O) groups excluding carboxylic acids is 2. The normalized spacial score (nSPS) is 14.5. The van der Waals surface area contributed by atoms with E-state index in [-0.39, 0.29) is 18.2 Å². The first kappa shape index (κ1) is 16.0. The van der Waals surface area contributed by atoms with Crippen LogP contribution in [0, 0.1) is 13.8 Å². The van der Waals surface area contributed by atoms with Crippen LogP contribution >= 0.6 is 0 Å². The van der Waals surface area contributed by atoms with Crippen LogP contribution < -0.4 is 10.3 Å². The number of aryl methyl sites for hydroxylation is 2. The summed E-state index contributed by atoms with van der Waals surface area (Å²) in [4.78, 5) is 24.6. The van der Waals surface area contributed by atoms with Gasteiger partial charge in [0.15, 0.2) is 0 Å². The Morgan fingerprint density at radius 2 is 2.12 bits per heavy atom. The molecule has 2 heterocycles. The van der Waals surface area contributed by atoms with E-state index in [0.29, 0.717) is 24.4 Å². The van der Waals surface area contributed by atoms with Crippen molar-refractivity contribution in [3.8, 4) is 0 Å². The molecule has 1 aliphatic heterocycles. The molecule has 124 valence electrons. The van der Waals surface area contributed by atoms with Gasteiger partial charge < -0.3 is 9.73 Å². The lowest BCUT2D eigenvalue weighted by Crippen LogP contribution is -2.39. The summed E-state index contributed by atoms with van der Waals surface area (Å²) in [6, 6.07) is 9.38. The van der Waals surface area contributed by atoms with E-state index >= 15 is 0 Å². The second-order valence-electron chi connectivity index (χ2n) is 5.80. The molecule has 24 heavy (non-hydrogen) atoms. The molecule has 0 spiro atoms. The quantitative estimate of drug-likeness (QED) is 0.939. The van der Waals surface area contributed by atoms with Gasteiger partial charge in [-0.25, -0.2) is 5.01 Å². The van der Waals surface area contributed by atoms with Crippen LogP contribution in [0.4, 0.5) is 5.69 Å². The highest BCUT2D eigenvalue weighted by Crippen LogP contribution is 2.25. The Morgan fingerprint density at radius 1 is 1.29 bits per heavy atom. The van der Waals surface area contributed by atoms with E-state index in [4.69, 9.17) is 4.42 Å². The van der Waals surface area contributed by atoms with Crippen LogP contribution in [0.2, 0.25) is 0 Å². The van der Waals surface area contributed by atoms with E-state index in [9.17, 15) is 9.59 Å². The number of benzene rings is 1. The first-order chi connectivity index (χ1) is 11.5. The third kappa shape index (κ3) is 3.37. The number of carbonyl (C=O) groups is 2. The molecule has 6 heteroatoms. The topological polar surface area (TPSA) is 74.9 Å². The van der Waals surface area contributed by atoms with E-state index < -0.39 is 0 Å². The molecule has 1 aliphatic rings. The van der Waals surface area contributed by atoms with E-state index in [0.717, 1.165) is 16.8 Å². The van der Waals surface area contributed by atoms with Crippen molar-refractivity contribution in [2.45, 2.75) is 33.2 Å².